The number of anilines is 1. The van der Waals surface area contributed by atoms with Gasteiger partial charge in [0, 0.05) is 12.5 Å². The molecule has 19 heavy (non-hydrogen) atoms. The Kier molecular flexibility index (Phi) is 3.22. The van der Waals surface area contributed by atoms with Gasteiger partial charge in [0.2, 0.25) is 5.28 Å². The molecule has 1 atom stereocenters. The van der Waals surface area contributed by atoms with E-state index in [9.17, 15) is 8.42 Å². The van der Waals surface area contributed by atoms with Gasteiger partial charge in [-0.2, -0.15) is 4.98 Å². The Morgan fingerprint density at radius 3 is 2.89 bits per heavy atom. The zero-order valence-electron chi connectivity index (χ0n) is 10.3. The van der Waals surface area contributed by atoms with Crippen LogP contribution in [0.5, 0.6) is 0 Å². The Labute approximate surface area is 117 Å². The number of nitrogens with zero attached hydrogens (tertiary/aromatic N) is 2. The van der Waals surface area contributed by atoms with Crippen LogP contribution in [0, 0.1) is 0 Å². The number of fused-ring (bicyclic) bond motifs is 1. The summed E-state index contributed by atoms with van der Waals surface area (Å²) in [6, 6.07) is 0.205. The summed E-state index contributed by atoms with van der Waals surface area (Å²) in [5.41, 5.74) is 0.536. The zero-order valence-corrected chi connectivity index (χ0v) is 11.8. The highest BCUT2D eigenvalue weighted by molar-refractivity contribution is 7.91. The number of halogens is 1. The maximum absolute atomic E-state index is 12.0. The van der Waals surface area contributed by atoms with Crippen molar-refractivity contribution in [2.75, 3.05) is 11.1 Å². The first-order chi connectivity index (χ1) is 9.06. The lowest BCUT2D eigenvalue weighted by molar-refractivity contribution is 0.598. The van der Waals surface area contributed by atoms with Crippen LogP contribution in [0.25, 0.3) is 0 Å². The third kappa shape index (κ3) is 2.47. The lowest BCUT2D eigenvalue weighted by Gasteiger charge is -2.21. The van der Waals surface area contributed by atoms with Crippen molar-refractivity contribution >= 4 is 27.3 Å². The summed E-state index contributed by atoms with van der Waals surface area (Å²) < 4.78 is 24.1. The van der Waals surface area contributed by atoms with E-state index in [1.165, 1.54) is 0 Å². The molecule has 1 unspecified atom stereocenters. The molecule has 2 aliphatic rings. The fourth-order valence-electron chi connectivity index (χ4n) is 2.51. The first kappa shape index (κ1) is 12.9. The summed E-state index contributed by atoms with van der Waals surface area (Å²) in [7, 11) is -3.27. The first-order valence-electron chi connectivity index (χ1n) is 6.27. The fraction of sp³-hybridized carbons (Fsp3) is 0.500. The third-order valence-corrected chi connectivity index (χ3v) is 5.40. The predicted octanol–water partition coefficient (Wildman–Crippen LogP) is 1.98. The van der Waals surface area contributed by atoms with Crippen molar-refractivity contribution in [3.8, 4) is 0 Å². The number of sulfone groups is 1. The maximum atomic E-state index is 12.0. The molecule has 1 aliphatic carbocycles. The van der Waals surface area contributed by atoms with Gasteiger partial charge in [-0.25, -0.2) is 13.4 Å². The molecule has 0 radical (unpaired) electrons. The second-order valence-electron chi connectivity index (χ2n) is 4.81. The molecular weight excluding hydrogens is 286 g/mol. The zero-order chi connectivity index (χ0) is 13.5. The highest BCUT2D eigenvalue weighted by atomic mass is 35.5. The van der Waals surface area contributed by atoms with Gasteiger partial charge in [0.25, 0.3) is 0 Å². The van der Waals surface area contributed by atoms with Gasteiger partial charge in [0.1, 0.15) is 10.7 Å². The lowest BCUT2D eigenvalue weighted by Crippen LogP contribution is -2.22. The van der Waals surface area contributed by atoms with Gasteiger partial charge in [-0.1, -0.05) is 12.2 Å². The Morgan fingerprint density at radius 1 is 1.32 bits per heavy atom. The van der Waals surface area contributed by atoms with Gasteiger partial charge in [-0.15, -0.1) is 0 Å². The van der Waals surface area contributed by atoms with Crippen LogP contribution in [-0.2, 0) is 16.3 Å². The molecular formula is C12H14ClN3O2S. The van der Waals surface area contributed by atoms with Crippen molar-refractivity contribution in [3.05, 3.63) is 23.1 Å². The van der Waals surface area contributed by atoms with Crippen LogP contribution in [0.3, 0.4) is 0 Å². The van der Waals surface area contributed by atoms with Crippen LogP contribution in [-0.4, -0.2) is 30.2 Å². The Hall–Kier alpha value is -1.14. The third-order valence-electron chi connectivity index (χ3n) is 3.44. The van der Waals surface area contributed by atoms with Crippen molar-refractivity contribution in [3.63, 3.8) is 0 Å². The minimum atomic E-state index is -3.27. The van der Waals surface area contributed by atoms with Gasteiger partial charge in [0.15, 0.2) is 9.84 Å². The fourth-order valence-corrected chi connectivity index (χ4v) is 4.27. The van der Waals surface area contributed by atoms with E-state index in [1.807, 2.05) is 0 Å². The molecule has 1 N–H and O–H groups in total. The molecule has 3 rings (SSSR count). The Balaban J connectivity index is 1.99. The van der Waals surface area contributed by atoms with E-state index in [1.54, 1.807) is 0 Å². The van der Waals surface area contributed by atoms with Crippen LogP contribution in [0.15, 0.2) is 17.0 Å². The molecule has 1 aromatic heterocycles. The van der Waals surface area contributed by atoms with Gasteiger partial charge < -0.3 is 5.32 Å². The van der Waals surface area contributed by atoms with Gasteiger partial charge in [-0.05, 0) is 30.9 Å². The quantitative estimate of drug-likeness (QED) is 0.668. The molecule has 0 fully saturated rings. The SMILES string of the molecule is O=S1(=O)CCc2nc(Cl)nc(NC3CC=CCC3)c21. The van der Waals surface area contributed by atoms with Crippen LogP contribution in [0.1, 0.15) is 25.0 Å². The molecule has 0 saturated heterocycles. The van der Waals surface area contributed by atoms with Crippen LogP contribution >= 0.6 is 11.6 Å². The number of allylic oxidation sites excluding steroid dienone is 1. The standard InChI is InChI=1S/C12H14ClN3O2S/c13-12-15-9-6-7-19(17,18)10(9)11(16-12)14-8-4-2-1-3-5-8/h1-2,8H,3-7H2,(H,14,15,16). The van der Waals surface area contributed by atoms with E-state index in [4.69, 9.17) is 11.6 Å². The summed E-state index contributed by atoms with van der Waals surface area (Å²) in [6.45, 7) is 0. The van der Waals surface area contributed by atoms with Gasteiger partial charge in [-0.3, -0.25) is 0 Å². The summed E-state index contributed by atoms with van der Waals surface area (Å²) in [6.07, 6.45) is 7.47. The van der Waals surface area contributed by atoms with E-state index in [0.29, 0.717) is 17.9 Å². The van der Waals surface area contributed by atoms with Crippen molar-refractivity contribution < 1.29 is 8.42 Å². The van der Waals surface area contributed by atoms with Crippen LogP contribution < -0.4 is 5.32 Å². The number of nitrogens with one attached hydrogen (secondary N) is 1. The smallest absolute Gasteiger partial charge is 0.224 e. The number of hydrogen-bond donors (Lipinski definition) is 1. The second kappa shape index (κ2) is 4.76. The average Bonchev–Trinajstić information content (AvgIpc) is 2.66. The second-order valence-corrected chi connectivity index (χ2v) is 7.20. The predicted molar refractivity (Wildman–Crippen MR) is 73.2 cm³/mol. The molecule has 5 nitrogen and oxygen atoms in total. The number of aromatic nitrogens is 2. The highest BCUT2D eigenvalue weighted by Crippen LogP contribution is 2.32. The molecule has 0 spiro atoms. The Morgan fingerprint density at radius 2 is 2.16 bits per heavy atom. The minimum absolute atomic E-state index is 0.0939. The van der Waals surface area contributed by atoms with E-state index < -0.39 is 9.84 Å². The van der Waals surface area contributed by atoms with Crippen molar-refractivity contribution in [2.45, 2.75) is 36.6 Å². The molecule has 0 amide bonds. The van der Waals surface area contributed by atoms with E-state index in [0.717, 1.165) is 19.3 Å². The summed E-state index contributed by atoms with van der Waals surface area (Å²) in [5, 5.41) is 3.31. The maximum Gasteiger partial charge on any atom is 0.224 e. The summed E-state index contributed by atoms with van der Waals surface area (Å²) >= 11 is 5.87. The molecule has 1 aliphatic heterocycles. The van der Waals surface area contributed by atoms with Crippen molar-refractivity contribution in [1.29, 1.82) is 0 Å². The van der Waals surface area contributed by atoms with Crippen LogP contribution in [0.2, 0.25) is 5.28 Å². The van der Waals surface area contributed by atoms with E-state index >= 15 is 0 Å². The highest BCUT2D eigenvalue weighted by Gasteiger charge is 2.33. The normalized spacial score (nSPS) is 24.2. The van der Waals surface area contributed by atoms with Crippen molar-refractivity contribution in [2.24, 2.45) is 0 Å². The number of rotatable bonds is 2. The summed E-state index contributed by atoms with van der Waals surface area (Å²) in [5.74, 6) is 0.462. The number of hydrogen-bond acceptors (Lipinski definition) is 5. The lowest BCUT2D eigenvalue weighted by atomic mass is 10.0. The van der Waals surface area contributed by atoms with Gasteiger partial charge in [0.05, 0.1) is 11.4 Å². The Bertz CT molecular complexity index is 643. The molecule has 7 heteroatoms. The van der Waals surface area contributed by atoms with Crippen molar-refractivity contribution in [1.82, 2.24) is 9.97 Å². The topological polar surface area (TPSA) is 72.0 Å². The molecule has 1 aromatic rings. The first-order valence-corrected chi connectivity index (χ1v) is 8.30. The van der Waals surface area contributed by atoms with Crippen LogP contribution in [0.4, 0.5) is 5.82 Å². The minimum Gasteiger partial charge on any atom is -0.366 e. The number of aryl methyl sites for hydroxylation is 1. The molecule has 2 heterocycles. The summed E-state index contributed by atoms with van der Waals surface area (Å²) in [4.78, 5) is 8.34. The van der Waals surface area contributed by atoms with E-state index in [-0.39, 0.29) is 22.0 Å². The molecule has 0 aromatic carbocycles. The monoisotopic (exact) mass is 299 g/mol. The molecule has 0 saturated carbocycles. The molecule has 0 bridgehead atoms. The molecule has 102 valence electrons. The van der Waals surface area contributed by atoms with Gasteiger partial charge >= 0.3 is 0 Å². The largest absolute Gasteiger partial charge is 0.366 e. The average molecular weight is 300 g/mol. The van der Waals surface area contributed by atoms with E-state index in [2.05, 4.69) is 27.4 Å².